The smallest absolute Gasteiger partial charge is 0.343 e. The van der Waals surface area contributed by atoms with E-state index in [9.17, 15) is 4.79 Å². The molecule has 3 rings (SSSR count). The van der Waals surface area contributed by atoms with Gasteiger partial charge in [0.2, 0.25) is 0 Å². The van der Waals surface area contributed by atoms with E-state index in [1.54, 1.807) is 24.3 Å². The first-order valence-electron chi connectivity index (χ1n) is 9.59. The number of rotatable bonds is 6. The van der Waals surface area contributed by atoms with Gasteiger partial charge in [-0.15, -0.1) is 0 Å². The van der Waals surface area contributed by atoms with Crippen LogP contribution in [0.2, 0.25) is 0 Å². The molecule has 0 aliphatic rings. The van der Waals surface area contributed by atoms with Crippen molar-refractivity contribution in [2.24, 2.45) is 0 Å². The zero-order chi connectivity index (χ0) is 21.0. The largest absolute Gasteiger partial charge is 0.423 e. The molecule has 0 spiro atoms. The third-order valence-electron chi connectivity index (χ3n) is 4.90. The van der Waals surface area contributed by atoms with Crippen LogP contribution in [-0.2, 0) is 11.5 Å². The van der Waals surface area contributed by atoms with Gasteiger partial charge in [0.25, 0.3) is 0 Å². The van der Waals surface area contributed by atoms with Crippen molar-refractivity contribution >= 4 is 5.97 Å². The lowest BCUT2D eigenvalue weighted by molar-refractivity contribution is -0.218. The van der Waals surface area contributed by atoms with Gasteiger partial charge in [-0.1, -0.05) is 35.9 Å². The van der Waals surface area contributed by atoms with E-state index in [0.29, 0.717) is 23.7 Å². The summed E-state index contributed by atoms with van der Waals surface area (Å²) in [5.74, 6) is 0.677. The van der Waals surface area contributed by atoms with E-state index < -0.39 is 0 Å². The highest BCUT2D eigenvalue weighted by molar-refractivity contribution is 5.92. The van der Waals surface area contributed by atoms with Crippen LogP contribution in [-0.4, -0.2) is 5.97 Å². The summed E-state index contributed by atoms with van der Waals surface area (Å²) in [5, 5.41) is 0. The molecule has 0 unspecified atom stereocenters. The average molecular weight is 390 g/mol. The minimum Gasteiger partial charge on any atom is -0.423 e. The zero-order valence-electron chi connectivity index (χ0n) is 17.5. The molecule has 4 nitrogen and oxygen atoms in total. The molecule has 0 saturated heterocycles. The van der Waals surface area contributed by atoms with Crippen molar-refractivity contribution in [2.45, 2.75) is 41.2 Å². The molecular weight excluding hydrogens is 364 g/mol. The van der Waals surface area contributed by atoms with Crippen molar-refractivity contribution < 1.29 is 19.3 Å². The number of carbonyl (C=O) groups is 1. The van der Waals surface area contributed by atoms with Crippen LogP contribution in [0.15, 0.2) is 54.6 Å². The normalized spacial score (nSPS) is 10.7. The Morgan fingerprint density at radius 2 is 1.55 bits per heavy atom. The Morgan fingerprint density at radius 3 is 2.24 bits per heavy atom. The number of ether oxygens (including phenoxy) is 1. The Balaban J connectivity index is 1.60. The van der Waals surface area contributed by atoms with Crippen molar-refractivity contribution in [1.29, 1.82) is 0 Å². The van der Waals surface area contributed by atoms with Crippen LogP contribution < -0.4 is 9.62 Å². The number of carbonyl (C=O) groups excluding carboxylic acids is 1. The summed E-state index contributed by atoms with van der Waals surface area (Å²) in [7, 11) is 0. The monoisotopic (exact) mass is 390 g/mol. The fourth-order valence-corrected chi connectivity index (χ4v) is 3.04. The Morgan fingerprint density at radius 1 is 0.759 bits per heavy atom. The average Bonchev–Trinajstić information content (AvgIpc) is 2.66. The number of hydrogen-bond acceptors (Lipinski definition) is 4. The molecule has 3 aromatic carbocycles. The van der Waals surface area contributed by atoms with E-state index in [-0.39, 0.29) is 5.97 Å². The Hall–Kier alpha value is -3.11. The van der Waals surface area contributed by atoms with Gasteiger partial charge in [0.15, 0.2) is 5.75 Å². The fraction of sp³-hybridized carbons (Fsp3) is 0.240. The molecule has 0 aliphatic heterocycles. The zero-order valence-corrected chi connectivity index (χ0v) is 17.5. The summed E-state index contributed by atoms with van der Waals surface area (Å²) in [6.45, 7) is 10.3. The van der Waals surface area contributed by atoms with Crippen molar-refractivity contribution in [3.8, 4) is 11.5 Å². The van der Waals surface area contributed by atoms with E-state index in [1.807, 2.05) is 39.0 Å². The van der Waals surface area contributed by atoms with Crippen molar-refractivity contribution in [3.63, 3.8) is 0 Å². The maximum absolute atomic E-state index is 12.4. The van der Waals surface area contributed by atoms with Gasteiger partial charge in [-0.2, -0.15) is 4.89 Å². The highest BCUT2D eigenvalue weighted by atomic mass is 17.2. The summed E-state index contributed by atoms with van der Waals surface area (Å²) < 4.78 is 5.52. The predicted octanol–water partition coefficient (Wildman–Crippen LogP) is 5.96. The molecule has 4 heteroatoms. The van der Waals surface area contributed by atoms with Crippen LogP contribution in [0.5, 0.6) is 11.5 Å². The second-order valence-corrected chi connectivity index (χ2v) is 7.40. The lowest BCUT2D eigenvalue weighted by Crippen LogP contribution is -2.10. The summed E-state index contributed by atoms with van der Waals surface area (Å²) in [6.07, 6.45) is 0. The van der Waals surface area contributed by atoms with Gasteiger partial charge < -0.3 is 9.62 Å². The quantitative estimate of drug-likeness (QED) is 0.225. The molecule has 3 aromatic rings. The van der Waals surface area contributed by atoms with Gasteiger partial charge in [-0.25, -0.2) is 4.79 Å². The van der Waals surface area contributed by atoms with Crippen LogP contribution in [0.1, 0.15) is 43.7 Å². The Kier molecular flexibility index (Phi) is 6.35. The van der Waals surface area contributed by atoms with Crippen molar-refractivity contribution in [1.82, 2.24) is 0 Å². The van der Waals surface area contributed by atoms with E-state index in [4.69, 9.17) is 14.5 Å². The lowest BCUT2D eigenvalue weighted by atomic mass is 10.1. The third-order valence-corrected chi connectivity index (χ3v) is 4.90. The van der Waals surface area contributed by atoms with Crippen LogP contribution >= 0.6 is 0 Å². The number of esters is 1. The third kappa shape index (κ3) is 5.24. The molecule has 0 amide bonds. The summed E-state index contributed by atoms with van der Waals surface area (Å²) in [4.78, 5) is 23.3. The second kappa shape index (κ2) is 8.93. The summed E-state index contributed by atoms with van der Waals surface area (Å²) >= 11 is 0. The molecule has 0 bridgehead atoms. The lowest BCUT2D eigenvalue weighted by Gasteiger charge is -2.11. The molecule has 150 valence electrons. The van der Waals surface area contributed by atoms with Crippen LogP contribution in [0, 0.1) is 34.6 Å². The predicted molar refractivity (Wildman–Crippen MR) is 113 cm³/mol. The van der Waals surface area contributed by atoms with Crippen LogP contribution in [0.3, 0.4) is 0 Å². The SMILES string of the molecule is Cc1ccc(C(=O)Oc2ccc(OOCc3ccc(C)c(C)c3)c(C)c2)c(C)c1. The fourth-order valence-electron chi connectivity index (χ4n) is 3.04. The summed E-state index contributed by atoms with van der Waals surface area (Å²) in [6, 6.07) is 17.0. The molecule has 0 N–H and O–H groups in total. The number of hydrogen-bond donors (Lipinski definition) is 0. The van der Waals surface area contributed by atoms with Gasteiger partial charge in [0.1, 0.15) is 12.4 Å². The van der Waals surface area contributed by atoms with Crippen LogP contribution in [0.25, 0.3) is 0 Å². The van der Waals surface area contributed by atoms with Gasteiger partial charge in [-0.3, -0.25) is 0 Å². The standard InChI is InChI=1S/C25H26O4/c1-16-6-10-23(19(4)12-16)25(26)28-22-9-11-24(20(5)14-22)29-27-15-21-8-7-17(2)18(3)13-21/h6-14H,15H2,1-5H3. The maximum atomic E-state index is 12.4. The van der Waals surface area contributed by atoms with E-state index >= 15 is 0 Å². The number of aryl methyl sites for hydroxylation is 5. The topological polar surface area (TPSA) is 44.8 Å². The highest BCUT2D eigenvalue weighted by Gasteiger charge is 2.13. The van der Waals surface area contributed by atoms with E-state index in [1.165, 1.54) is 11.1 Å². The second-order valence-electron chi connectivity index (χ2n) is 7.40. The van der Waals surface area contributed by atoms with Gasteiger partial charge in [0.05, 0.1) is 5.56 Å². The molecule has 0 heterocycles. The van der Waals surface area contributed by atoms with Gasteiger partial charge in [-0.05, 0) is 86.7 Å². The molecule has 0 atom stereocenters. The summed E-state index contributed by atoms with van der Waals surface area (Å²) in [5.41, 5.74) is 6.89. The maximum Gasteiger partial charge on any atom is 0.343 e. The van der Waals surface area contributed by atoms with Crippen molar-refractivity contribution in [2.75, 3.05) is 0 Å². The molecule has 0 fully saturated rings. The molecule has 0 aromatic heterocycles. The molecular formula is C25H26O4. The molecule has 0 radical (unpaired) electrons. The van der Waals surface area contributed by atoms with Gasteiger partial charge >= 0.3 is 5.97 Å². The minimum atomic E-state index is -0.374. The molecule has 0 aliphatic carbocycles. The van der Waals surface area contributed by atoms with Gasteiger partial charge in [0, 0.05) is 0 Å². The first kappa shape index (κ1) is 20.6. The van der Waals surface area contributed by atoms with Crippen molar-refractivity contribution in [3.05, 3.63) is 93.5 Å². The van der Waals surface area contributed by atoms with E-state index in [0.717, 1.165) is 22.3 Å². The van der Waals surface area contributed by atoms with Crippen LogP contribution in [0.4, 0.5) is 0 Å². The Labute approximate surface area is 172 Å². The van der Waals surface area contributed by atoms with E-state index in [2.05, 4.69) is 26.0 Å². The molecule has 0 saturated carbocycles. The minimum absolute atomic E-state index is 0.351. The highest BCUT2D eigenvalue weighted by Crippen LogP contribution is 2.25. The molecule has 29 heavy (non-hydrogen) atoms. The number of benzene rings is 3. The Bertz CT molecular complexity index is 1040. The first-order valence-corrected chi connectivity index (χ1v) is 9.59. The first-order chi connectivity index (χ1) is 13.8.